The number of nitrogens with zero attached hydrogens (tertiary/aromatic N) is 3. The third-order valence-electron chi connectivity index (χ3n) is 4.56. The minimum Gasteiger partial charge on any atom is -0.274 e. The van der Waals surface area contributed by atoms with Crippen LogP contribution < -0.4 is 4.90 Å². The fourth-order valence-corrected chi connectivity index (χ4v) is 4.31. The molecule has 0 spiro atoms. The summed E-state index contributed by atoms with van der Waals surface area (Å²) in [5.41, 5.74) is 2.07. The van der Waals surface area contributed by atoms with E-state index in [1.165, 1.54) is 24.3 Å². The Balaban J connectivity index is 1.62. The van der Waals surface area contributed by atoms with Crippen LogP contribution >= 0.6 is 23.4 Å². The molecule has 1 aromatic heterocycles. The zero-order valence-electron chi connectivity index (χ0n) is 15.4. The molecule has 0 N–H and O–H groups in total. The van der Waals surface area contributed by atoms with Gasteiger partial charge in [0.05, 0.1) is 22.2 Å². The number of hydrogen-bond acceptors (Lipinski definition) is 5. The molecule has 1 atom stereocenters. The molecule has 1 aliphatic heterocycles. The number of imide groups is 1. The molecule has 148 valence electrons. The molecule has 0 radical (unpaired) electrons. The van der Waals surface area contributed by atoms with E-state index in [2.05, 4.69) is 11.1 Å². The molecule has 1 saturated heterocycles. The van der Waals surface area contributed by atoms with Gasteiger partial charge in [-0.05, 0) is 48.5 Å². The number of benzene rings is 2. The summed E-state index contributed by atoms with van der Waals surface area (Å²) in [6.07, 6.45) is -0.0292. The molecule has 1 unspecified atom stereocenters. The van der Waals surface area contributed by atoms with Crippen LogP contribution in [0.1, 0.15) is 12.0 Å². The molecule has 2 aromatic carbocycles. The Hall–Kier alpha value is -3.21. The predicted octanol–water partition coefficient (Wildman–Crippen LogP) is 4.84. The van der Waals surface area contributed by atoms with Gasteiger partial charge in [-0.2, -0.15) is 5.26 Å². The number of amides is 2. The quantitative estimate of drug-likeness (QED) is 0.546. The molecular formula is C22H13ClFN3O2S. The number of hydrogen-bond donors (Lipinski definition) is 0. The van der Waals surface area contributed by atoms with Crippen molar-refractivity contribution in [1.82, 2.24) is 4.98 Å². The highest BCUT2D eigenvalue weighted by molar-refractivity contribution is 8.00. The molecule has 3 aromatic rings. The average Bonchev–Trinajstić information content (AvgIpc) is 3.02. The minimum absolute atomic E-state index is 0.0292. The zero-order valence-corrected chi connectivity index (χ0v) is 17.0. The van der Waals surface area contributed by atoms with Gasteiger partial charge in [0.25, 0.3) is 0 Å². The monoisotopic (exact) mass is 437 g/mol. The van der Waals surface area contributed by atoms with Crippen LogP contribution in [0.15, 0.2) is 65.7 Å². The second-order valence-corrected chi connectivity index (χ2v) is 8.15. The van der Waals surface area contributed by atoms with E-state index in [1.54, 1.807) is 24.3 Å². The van der Waals surface area contributed by atoms with Crippen molar-refractivity contribution >= 4 is 40.9 Å². The molecule has 5 nitrogen and oxygen atoms in total. The van der Waals surface area contributed by atoms with Crippen LogP contribution in [-0.4, -0.2) is 22.0 Å². The first kappa shape index (κ1) is 20.1. The van der Waals surface area contributed by atoms with Gasteiger partial charge in [0, 0.05) is 17.0 Å². The SMILES string of the molecule is N#Cc1ccc(-c2ccc(Cl)cc2)nc1SC1CC(=O)N(c2ccc(F)cc2)C1=O. The van der Waals surface area contributed by atoms with Crippen LogP contribution in [0.5, 0.6) is 0 Å². The molecule has 0 bridgehead atoms. The number of aromatic nitrogens is 1. The lowest BCUT2D eigenvalue weighted by Gasteiger charge is -2.15. The normalized spacial score (nSPS) is 16.0. The van der Waals surface area contributed by atoms with Crippen LogP contribution in [0.3, 0.4) is 0 Å². The molecule has 8 heteroatoms. The fourth-order valence-electron chi connectivity index (χ4n) is 3.09. The second kappa shape index (κ2) is 8.27. The van der Waals surface area contributed by atoms with E-state index in [1.807, 2.05) is 12.1 Å². The van der Waals surface area contributed by atoms with Gasteiger partial charge in [-0.3, -0.25) is 9.59 Å². The number of carbonyl (C=O) groups excluding carboxylic acids is 2. The Kier molecular flexibility index (Phi) is 5.53. The van der Waals surface area contributed by atoms with Crippen molar-refractivity contribution in [2.24, 2.45) is 0 Å². The summed E-state index contributed by atoms with van der Waals surface area (Å²) in [6.45, 7) is 0. The Labute approximate surface area is 181 Å². The topological polar surface area (TPSA) is 74.1 Å². The maximum absolute atomic E-state index is 13.2. The van der Waals surface area contributed by atoms with E-state index in [4.69, 9.17) is 11.6 Å². The lowest BCUT2D eigenvalue weighted by atomic mass is 10.1. The fraction of sp³-hybridized carbons (Fsp3) is 0.0909. The maximum Gasteiger partial charge on any atom is 0.247 e. The molecule has 0 saturated carbocycles. The molecule has 2 heterocycles. The van der Waals surface area contributed by atoms with Gasteiger partial charge >= 0.3 is 0 Å². The number of pyridine rings is 1. The van der Waals surface area contributed by atoms with E-state index in [0.29, 0.717) is 27.0 Å². The van der Waals surface area contributed by atoms with E-state index < -0.39 is 17.0 Å². The van der Waals surface area contributed by atoms with Gasteiger partial charge in [-0.25, -0.2) is 14.3 Å². The first-order valence-electron chi connectivity index (χ1n) is 8.92. The summed E-state index contributed by atoms with van der Waals surface area (Å²) >= 11 is 7.01. The molecule has 1 aliphatic rings. The van der Waals surface area contributed by atoms with E-state index in [9.17, 15) is 19.2 Å². The standard InChI is InChI=1S/C22H13ClFN3O2S/c23-15-4-1-13(2-5-15)18-10-3-14(12-25)21(26-18)30-19-11-20(28)27(22(19)29)17-8-6-16(24)7-9-17/h1-10,19H,11H2. The van der Waals surface area contributed by atoms with Crippen LogP contribution in [0, 0.1) is 17.1 Å². The van der Waals surface area contributed by atoms with Gasteiger partial charge in [-0.15, -0.1) is 0 Å². The molecular weight excluding hydrogens is 425 g/mol. The van der Waals surface area contributed by atoms with Crippen molar-refractivity contribution in [3.05, 3.63) is 77.1 Å². The number of rotatable bonds is 4. The maximum atomic E-state index is 13.2. The number of carbonyl (C=O) groups is 2. The summed E-state index contributed by atoms with van der Waals surface area (Å²) in [4.78, 5) is 30.9. The van der Waals surface area contributed by atoms with Crippen molar-refractivity contribution < 1.29 is 14.0 Å². The van der Waals surface area contributed by atoms with Crippen LogP contribution in [0.2, 0.25) is 5.02 Å². The van der Waals surface area contributed by atoms with E-state index in [0.717, 1.165) is 22.2 Å². The highest BCUT2D eigenvalue weighted by Crippen LogP contribution is 2.35. The molecule has 30 heavy (non-hydrogen) atoms. The van der Waals surface area contributed by atoms with E-state index >= 15 is 0 Å². The molecule has 4 rings (SSSR count). The molecule has 2 amide bonds. The number of anilines is 1. The van der Waals surface area contributed by atoms with Gasteiger partial charge in [0.15, 0.2) is 0 Å². The summed E-state index contributed by atoms with van der Waals surface area (Å²) < 4.78 is 13.2. The third-order valence-corrected chi connectivity index (χ3v) is 6.00. The van der Waals surface area contributed by atoms with Crippen LogP contribution in [0.25, 0.3) is 11.3 Å². The smallest absolute Gasteiger partial charge is 0.247 e. The number of nitriles is 1. The Bertz CT molecular complexity index is 1180. The third kappa shape index (κ3) is 3.92. The van der Waals surface area contributed by atoms with E-state index in [-0.39, 0.29) is 12.3 Å². The van der Waals surface area contributed by atoms with Crippen LogP contribution in [-0.2, 0) is 9.59 Å². The summed E-state index contributed by atoms with van der Waals surface area (Å²) in [5, 5.41) is 9.69. The largest absolute Gasteiger partial charge is 0.274 e. The molecule has 1 fully saturated rings. The van der Waals surface area contributed by atoms with Gasteiger partial charge in [0.1, 0.15) is 16.9 Å². The first-order valence-corrected chi connectivity index (χ1v) is 10.2. The van der Waals surface area contributed by atoms with Gasteiger partial charge < -0.3 is 0 Å². The Morgan fingerprint density at radius 2 is 1.77 bits per heavy atom. The van der Waals surface area contributed by atoms with Crippen molar-refractivity contribution in [1.29, 1.82) is 5.26 Å². The predicted molar refractivity (Wildman–Crippen MR) is 113 cm³/mol. The van der Waals surface area contributed by atoms with Crippen LogP contribution in [0.4, 0.5) is 10.1 Å². The average molecular weight is 438 g/mol. The highest BCUT2D eigenvalue weighted by Gasteiger charge is 2.40. The van der Waals surface area contributed by atoms with Crippen molar-refractivity contribution in [3.8, 4) is 17.3 Å². The lowest BCUT2D eigenvalue weighted by molar-refractivity contribution is -0.121. The Morgan fingerprint density at radius 1 is 1.07 bits per heavy atom. The lowest BCUT2D eigenvalue weighted by Crippen LogP contribution is -2.31. The first-order chi connectivity index (χ1) is 14.5. The second-order valence-electron chi connectivity index (χ2n) is 6.52. The highest BCUT2D eigenvalue weighted by atomic mass is 35.5. The number of halogens is 2. The van der Waals surface area contributed by atoms with Crippen molar-refractivity contribution in [2.75, 3.05) is 4.90 Å². The minimum atomic E-state index is -0.720. The van der Waals surface area contributed by atoms with Crippen molar-refractivity contribution in [2.45, 2.75) is 16.7 Å². The van der Waals surface area contributed by atoms with Gasteiger partial charge in [-0.1, -0.05) is 35.5 Å². The van der Waals surface area contributed by atoms with Gasteiger partial charge in [0.2, 0.25) is 11.8 Å². The summed E-state index contributed by atoms with van der Waals surface area (Å²) in [5.74, 6) is -1.25. The summed E-state index contributed by atoms with van der Waals surface area (Å²) in [6, 6.07) is 17.7. The molecule has 0 aliphatic carbocycles. The number of thioether (sulfide) groups is 1. The van der Waals surface area contributed by atoms with Crippen molar-refractivity contribution in [3.63, 3.8) is 0 Å². The zero-order chi connectivity index (χ0) is 21.3. The Morgan fingerprint density at radius 3 is 2.43 bits per heavy atom. The summed E-state index contributed by atoms with van der Waals surface area (Å²) in [7, 11) is 0.